The Labute approximate surface area is 116 Å². The molecule has 0 bridgehead atoms. The van der Waals surface area contributed by atoms with Gasteiger partial charge in [0.25, 0.3) is 0 Å². The normalized spacial score (nSPS) is 24.3. The average Bonchev–Trinajstić information content (AvgIpc) is 2.33. The predicted molar refractivity (Wildman–Crippen MR) is 80.4 cm³/mol. The second-order valence-corrected chi connectivity index (χ2v) is 6.39. The summed E-state index contributed by atoms with van der Waals surface area (Å²) in [6.45, 7) is 6.76. The van der Waals surface area contributed by atoms with Gasteiger partial charge in [0.05, 0.1) is 10.7 Å². The van der Waals surface area contributed by atoms with Crippen molar-refractivity contribution in [3.63, 3.8) is 0 Å². The molecule has 0 spiro atoms. The van der Waals surface area contributed by atoms with Crippen molar-refractivity contribution in [2.75, 3.05) is 5.32 Å². The molecule has 1 aliphatic carbocycles. The molecule has 100 valence electrons. The van der Waals surface area contributed by atoms with Crippen molar-refractivity contribution in [3.05, 3.63) is 28.8 Å². The summed E-state index contributed by atoms with van der Waals surface area (Å²) in [5.41, 5.74) is 2.31. The minimum atomic E-state index is 0.597. The van der Waals surface area contributed by atoms with Crippen molar-refractivity contribution in [1.82, 2.24) is 0 Å². The molecule has 1 aliphatic rings. The number of nitrogens with one attached hydrogen (secondary N) is 1. The molecule has 1 nitrogen and oxygen atoms in total. The molecule has 1 N–H and O–H groups in total. The van der Waals surface area contributed by atoms with Crippen LogP contribution in [0.5, 0.6) is 0 Å². The van der Waals surface area contributed by atoms with E-state index < -0.39 is 0 Å². The molecule has 0 aliphatic heterocycles. The maximum Gasteiger partial charge on any atom is 0.0640 e. The summed E-state index contributed by atoms with van der Waals surface area (Å²) in [7, 11) is 0. The number of hydrogen-bond donors (Lipinski definition) is 1. The Bertz CT molecular complexity index is 392. The van der Waals surface area contributed by atoms with E-state index in [0.29, 0.717) is 6.04 Å². The van der Waals surface area contributed by atoms with Crippen molar-refractivity contribution < 1.29 is 0 Å². The molecular weight excluding hydrogens is 242 g/mol. The fourth-order valence-electron chi connectivity index (χ4n) is 2.89. The van der Waals surface area contributed by atoms with E-state index in [1.807, 2.05) is 6.07 Å². The van der Waals surface area contributed by atoms with Crippen molar-refractivity contribution in [3.8, 4) is 0 Å². The van der Waals surface area contributed by atoms with Crippen molar-refractivity contribution in [2.24, 2.45) is 11.8 Å². The number of benzene rings is 1. The molecule has 2 rings (SSSR count). The third-order valence-electron chi connectivity index (χ3n) is 4.20. The molecule has 0 aromatic heterocycles. The quantitative estimate of drug-likeness (QED) is 0.785. The third-order valence-corrected chi connectivity index (χ3v) is 4.51. The smallest absolute Gasteiger partial charge is 0.0640 e. The fourth-order valence-corrected chi connectivity index (χ4v) is 3.18. The monoisotopic (exact) mass is 265 g/mol. The van der Waals surface area contributed by atoms with E-state index in [1.165, 1.54) is 31.2 Å². The van der Waals surface area contributed by atoms with Gasteiger partial charge >= 0.3 is 0 Å². The number of aryl methyl sites for hydroxylation is 1. The van der Waals surface area contributed by atoms with E-state index in [2.05, 4.69) is 38.2 Å². The summed E-state index contributed by atoms with van der Waals surface area (Å²) in [4.78, 5) is 0. The summed E-state index contributed by atoms with van der Waals surface area (Å²) in [5, 5.41) is 4.45. The number of anilines is 1. The Balaban J connectivity index is 1.91. The highest BCUT2D eigenvalue weighted by Gasteiger charge is 2.23. The van der Waals surface area contributed by atoms with Crippen LogP contribution >= 0.6 is 11.6 Å². The summed E-state index contributed by atoms with van der Waals surface area (Å²) in [6.07, 6.45) is 5.23. The van der Waals surface area contributed by atoms with Crippen LogP contribution in [0.15, 0.2) is 18.2 Å². The van der Waals surface area contributed by atoms with Gasteiger partial charge in [0.15, 0.2) is 0 Å². The highest BCUT2D eigenvalue weighted by Crippen LogP contribution is 2.32. The van der Waals surface area contributed by atoms with Gasteiger partial charge in [-0.15, -0.1) is 0 Å². The van der Waals surface area contributed by atoms with Gasteiger partial charge in [-0.1, -0.05) is 31.5 Å². The largest absolute Gasteiger partial charge is 0.381 e. The lowest BCUT2D eigenvalue weighted by Crippen LogP contribution is -2.28. The summed E-state index contributed by atoms with van der Waals surface area (Å²) in [5.74, 6) is 1.74. The van der Waals surface area contributed by atoms with Gasteiger partial charge in [0.1, 0.15) is 0 Å². The Morgan fingerprint density at radius 3 is 2.39 bits per heavy atom. The standard InChI is InChI=1S/C16H24ClN/c1-11(2)13-5-7-14(8-6-13)18-16-9-4-12(3)10-15(16)17/h4,9-11,13-14,18H,5-8H2,1-3H3. The molecule has 1 fully saturated rings. The fraction of sp³-hybridized carbons (Fsp3) is 0.625. The molecule has 0 saturated heterocycles. The zero-order valence-corrected chi connectivity index (χ0v) is 12.4. The lowest BCUT2D eigenvalue weighted by atomic mass is 9.79. The molecule has 0 unspecified atom stereocenters. The number of halogens is 1. The highest BCUT2D eigenvalue weighted by atomic mass is 35.5. The highest BCUT2D eigenvalue weighted by molar-refractivity contribution is 6.33. The minimum absolute atomic E-state index is 0.597. The number of hydrogen-bond acceptors (Lipinski definition) is 1. The van der Waals surface area contributed by atoms with Crippen LogP contribution in [0.2, 0.25) is 5.02 Å². The first-order valence-corrected chi connectivity index (χ1v) is 7.46. The second-order valence-electron chi connectivity index (χ2n) is 5.98. The average molecular weight is 266 g/mol. The lowest BCUT2D eigenvalue weighted by Gasteiger charge is -2.32. The Kier molecular flexibility index (Phi) is 4.55. The summed E-state index contributed by atoms with van der Waals surface area (Å²) < 4.78 is 0. The van der Waals surface area contributed by atoms with Gasteiger partial charge < -0.3 is 5.32 Å². The van der Waals surface area contributed by atoms with Crippen molar-refractivity contribution in [2.45, 2.75) is 52.5 Å². The first-order valence-electron chi connectivity index (χ1n) is 7.09. The molecule has 1 aromatic carbocycles. The topological polar surface area (TPSA) is 12.0 Å². The Morgan fingerprint density at radius 2 is 1.83 bits per heavy atom. The zero-order valence-electron chi connectivity index (χ0n) is 11.7. The van der Waals surface area contributed by atoms with Gasteiger partial charge in [-0.3, -0.25) is 0 Å². The maximum atomic E-state index is 6.27. The van der Waals surface area contributed by atoms with Gasteiger partial charge in [0, 0.05) is 6.04 Å². The van der Waals surface area contributed by atoms with Crippen LogP contribution in [0, 0.1) is 18.8 Å². The van der Waals surface area contributed by atoms with E-state index in [4.69, 9.17) is 11.6 Å². The molecule has 0 radical (unpaired) electrons. The van der Waals surface area contributed by atoms with E-state index in [1.54, 1.807) is 0 Å². The predicted octanol–water partition coefficient (Wildman–Crippen LogP) is 5.28. The van der Waals surface area contributed by atoms with Crippen LogP contribution in [0.25, 0.3) is 0 Å². The maximum absolute atomic E-state index is 6.27. The van der Waals surface area contributed by atoms with Crippen molar-refractivity contribution in [1.29, 1.82) is 0 Å². The molecule has 2 heteroatoms. The van der Waals surface area contributed by atoms with Gasteiger partial charge in [-0.05, 0) is 62.1 Å². The second kappa shape index (κ2) is 5.97. The van der Waals surface area contributed by atoms with Crippen LogP contribution in [-0.2, 0) is 0 Å². The Morgan fingerprint density at radius 1 is 1.17 bits per heavy atom. The summed E-state index contributed by atoms with van der Waals surface area (Å²) >= 11 is 6.27. The number of rotatable bonds is 3. The van der Waals surface area contributed by atoms with Gasteiger partial charge in [-0.2, -0.15) is 0 Å². The van der Waals surface area contributed by atoms with E-state index in [9.17, 15) is 0 Å². The van der Waals surface area contributed by atoms with Crippen LogP contribution in [0.3, 0.4) is 0 Å². The first kappa shape index (κ1) is 13.7. The lowest BCUT2D eigenvalue weighted by molar-refractivity contribution is 0.267. The van der Waals surface area contributed by atoms with E-state index >= 15 is 0 Å². The molecule has 0 heterocycles. The third kappa shape index (κ3) is 3.41. The SMILES string of the molecule is Cc1ccc(NC2CCC(C(C)C)CC2)c(Cl)c1. The summed E-state index contributed by atoms with van der Waals surface area (Å²) in [6, 6.07) is 6.85. The molecule has 0 amide bonds. The molecule has 0 atom stereocenters. The van der Waals surface area contributed by atoms with Crippen molar-refractivity contribution >= 4 is 17.3 Å². The van der Waals surface area contributed by atoms with Crippen LogP contribution in [0.1, 0.15) is 45.1 Å². The van der Waals surface area contributed by atoms with E-state index in [-0.39, 0.29) is 0 Å². The first-order chi connectivity index (χ1) is 8.56. The molecule has 1 aromatic rings. The molecular formula is C16H24ClN. The van der Waals surface area contributed by atoms with E-state index in [0.717, 1.165) is 22.5 Å². The minimum Gasteiger partial charge on any atom is -0.381 e. The Hall–Kier alpha value is -0.690. The van der Waals surface area contributed by atoms with Crippen LogP contribution in [0.4, 0.5) is 5.69 Å². The van der Waals surface area contributed by atoms with Crippen LogP contribution in [-0.4, -0.2) is 6.04 Å². The van der Waals surface area contributed by atoms with Gasteiger partial charge in [-0.25, -0.2) is 0 Å². The van der Waals surface area contributed by atoms with Crippen LogP contribution < -0.4 is 5.32 Å². The molecule has 18 heavy (non-hydrogen) atoms. The zero-order chi connectivity index (χ0) is 13.1. The molecule has 1 saturated carbocycles. The van der Waals surface area contributed by atoms with Gasteiger partial charge in [0.2, 0.25) is 0 Å².